The Morgan fingerprint density at radius 1 is 1.13 bits per heavy atom. The molecule has 2 N–H and O–H groups in total. The van der Waals surface area contributed by atoms with Crippen molar-refractivity contribution < 1.29 is 13.5 Å². The van der Waals surface area contributed by atoms with Crippen LogP contribution >= 0.6 is 24.0 Å². The third-order valence-electron chi connectivity index (χ3n) is 5.29. The molecule has 31 heavy (non-hydrogen) atoms. The molecular formula is C23H31F2IN4O. The molecule has 1 unspecified atom stereocenters. The number of anilines is 1. The number of methoxy groups -OCH3 is 1. The Morgan fingerprint density at radius 3 is 2.45 bits per heavy atom. The van der Waals surface area contributed by atoms with E-state index in [-0.39, 0.29) is 41.7 Å². The Labute approximate surface area is 200 Å². The van der Waals surface area contributed by atoms with E-state index in [1.807, 2.05) is 13.0 Å². The van der Waals surface area contributed by atoms with E-state index >= 15 is 0 Å². The second-order valence-electron chi connectivity index (χ2n) is 7.38. The van der Waals surface area contributed by atoms with Crippen LogP contribution in [0.2, 0.25) is 0 Å². The van der Waals surface area contributed by atoms with Gasteiger partial charge in [0.1, 0.15) is 17.7 Å². The SMILES string of the molecule is CCNC(=NCC(OC)c1ccc(F)cc1)NC1CCN(c2cccc(F)c2)CC1.I. The van der Waals surface area contributed by atoms with Gasteiger partial charge in [0.15, 0.2) is 5.96 Å². The number of guanidine groups is 1. The summed E-state index contributed by atoms with van der Waals surface area (Å²) in [7, 11) is 1.63. The number of aliphatic imine (C=N–C) groups is 1. The first-order chi connectivity index (χ1) is 14.6. The number of benzene rings is 2. The van der Waals surface area contributed by atoms with Crippen molar-refractivity contribution in [3.8, 4) is 0 Å². The van der Waals surface area contributed by atoms with E-state index in [1.54, 1.807) is 31.4 Å². The fourth-order valence-electron chi connectivity index (χ4n) is 3.64. The Kier molecular flexibility index (Phi) is 10.5. The molecule has 0 radical (unpaired) electrons. The molecule has 0 aromatic heterocycles. The van der Waals surface area contributed by atoms with Gasteiger partial charge in [-0.2, -0.15) is 0 Å². The number of nitrogens with one attached hydrogen (secondary N) is 2. The van der Waals surface area contributed by atoms with Gasteiger partial charge in [0.05, 0.1) is 6.54 Å². The van der Waals surface area contributed by atoms with Crippen molar-refractivity contribution in [2.75, 3.05) is 38.2 Å². The molecule has 8 heteroatoms. The molecule has 0 aliphatic carbocycles. The predicted molar refractivity (Wildman–Crippen MR) is 132 cm³/mol. The number of halogens is 3. The second kappa shape index (κ2) is 12.8. The summed E-state index contributed by atoms with van der Waals surface area (Å²) < 4.78 is 32.2. The lowest BCUT2D eigenvalue weighted by Gasteiger charge is -2.34. The summed E-state index contributed by atoms with van der Waals surface area (Å²) in [6.45, 7) is 4.92. The Hall–Kier alpha value is -1.94. The molecule has 0 amide bonds. The molecule has 3 rings (SSSR count). The summed E-state index contributed by atoms with van der Waals surface area (Å²) in [6.07, 6.45) is 1.63. The van der Waals surface area contributed by atoms with Crippen LogP contribution in [0.5, 0.6) is 0 Å². The standard InChI is InChI=1S/C23H30F2N4O.HI/c1-3-26-23(27-16-22(30-2)17-7-9-18(24)10-8-17)28-20-11-13-29(14-12-20)21-6-4-5-19(25)15-21;/h4-10,15,20,22H,3,11-14,16H2,1-2H3,(H2,26,27,28);1H. The fourth-order valence-corrected chi connectivity index (χ4v) is 3.64. The van der Waals surface area contributed by atoms with Crippen molar-refractivity contribution in [1.82, 2.24) is 10.6 Å². The number of hydrogen-bond acceptors (Lipinski definition) is 3. The summed E-state index contributed by atoms with van der Waals surface area (Å²) in [5.74, 6) is 0.269. The van der Waals surface area contributed by atoms with E-state index in [0.29, 0.717) is 12.6 Å². The predicted octanol–water partition coefficient (Wildman–Crippen LogP) is 4.49. The largest absolute Gasteiger partial charge is 0.375 e. The van der Waals surface area contributed by atoms with E-state index in [2.05, 4.69) is 20.5 Å². The highest BCUT2D eigenvalue weighted by Crippen LogP contribution is 2.21. The topological polar surface area (TPSA) is 48.9 Å². The van der Waals surface area contributed by atoms with Gasteiger partial charge in [0, 0.05) is 38.5 Å². The average molecular weight is 544 g/mol. The lowest BCUT2D eigenvalue weighted by atomic mass is 10.0. The third-order valence-corrected chi connectivity index (χ3v) is 5.29. The molecule has 2 aromatic rings. The first-order valence-corrected chi connectivity index (χ1v) is 10.4. The number of hydrogen-bond donors (Lipinski definition) is 2. The minimum atomic E-state index is -0.267. The lowest BCUT2D eigenvalue weighted by Crippen LogP contribution is -2.49. The van der Waals surface area contributed by atoms with Gasteiger partial charge < -0.3 is 20.3 Å². The maximum atomic E-state index is 13.5. The summed E-state index contributed by atoms with van der Waals surface area (Å²) in [5, 5.41) is 6.78. The van der Waals surface area contributed by atoms with Crippen LogP contribution in [0.25, 0.3) is 0 Å². The first-order valence-electron chi connectivity index (χ1n) is 10.4. The van der Waals surface area contributed by atoms with Gasteiger partial charge in [-0.3, -0.25) is 4.99 Å². The quantitative estimate of drug-likeness (QED) is 0.307. The molecule has 5 nitrogen and oxygen atoms in total. The molecule has 1 fully saturated rings. The van der Waals surface area contributed by atoms with Crippen molar-refractivity contribution in [2.24, 2.45) is 4.99 Å². The number of piperidine rings is 1. The first kappa shape index (κ1) is 25.3. The molecule has 1 aliphatic heterocycles. The van der Waals surface area contributed by atoms with Crippen LogP contribution in [0.3, 0.4) is 0 Å². The van der Waals surface area contributed by atoms with E-state index in [0.717, 1.165) is 49.7 Å². The molecule has 1 atom stereocenters. The molecule has 0 bridgehead atoms. The zero-order chi connectivity index (χ0) is 21.3. The molecule has 1 aliphatic rings. The maximum absolute atomic E-state index is 13.5. The Bertz CT molecular complexity index is 827. The fraction of sp³-hybridized carbons (Fsp3) is 0.435. The van der Waals surface area contributed by atoms with Gasteiger partial charge in [0.2, 0.25) is 0 Å². The molecular weight excluding hydrogens is 513 g/mol. The minimum absolute atomic E-state index is 0. The van der Waals surface area contributed by atoms with E-state index < -0.39 is 0 Å². The van der Waals surface area contributed by atoms with Crippen molar-refractivity contribution in [1.29, 1.82) is 0 Å². The van der Waals surface area contributed by atoms with Gasteiger partial charge in [0.25, 0.3) is 0 Å². The van der Waals surface area contributed by atoms with E-state index in [4.69, 9.17) is 4.74 Å². The number of nitrogens with zero attached hydrogens (tertiary/aromatic N) is 2. The third kappa shape index (κ3) is 7.60. The zero-order valence-electron chi connectivity index (χ0n) is 18.0. The van der Waals surface area contributed by atoms with Gasteiger partial charge >= 0.3 is 0 Å². The monoisotopic (exact) mass is 544 g/mol. The average Bonchev–Trinajstić information content (AvgIpc) is 2.76. The lowest BCUT2D eigenvalue weighted by molar-refractivity contribution is 0.111. The van der Waals surface area contributed by atoms with Gasteiger partial charge in [-0.25, -0.2) is 8.78 Å². The van der Waals surface area contributed by atoms with Crippen molar-refractivity contribution in [2.45, 2.75) is 31.9 Å². The van der Waals surface area contributed by atoms with Crippen LogP contribution in [0, 0.1) is 11.6 Å². The van der Waals surface area contributed by atoms with Crippen LogP contribution in [0.15, 0.2) is 53.5 Å². The van der Waals surface area contributed by atoms with Crippen LogP contribution in [0.1, 0.15) is 31.4 Å². The second-order valence-corrected chi connectivity index (χ2v) is 7.38. The van der Waals surface area contributed by atoms with Gasteiger partial charge in [-0.1, -0.05) is 18.2 Å². The molecule has 0 spiro atoms. The molecule has 1 heterocycles. The van der Waals surface area contributed by atoms with Gasteiger partial charge in [-0.05, 0) is 55.7 Å². The number of rotatable bonds is 7. The summed E-state index contributed by atoms with van der Waals surface area (Å²) >= 11 is 0. The minimum Gasteiger partial charge on any atom is -0.375 e. The summed E-state index contributed by atoms with van der Waals surface area (Å²) in [6, 6.07) is 13.3. The van der Waals surface area contributed by atoms with Crippen LogP contribution in [-0.2, 0) is 4.74 Å². The van der Waals surface area contributed by atoms with E-state index in [9.17, 15) is 8.78 Å². The van der Waals surface area contributed by atoms with Crippen LogP contribution < -0.4 is 15.5 Å². The van der Waals surface area contributed by atoms with Gasteiger partial charge in [-0.15, -0.1) is 24.0 Å². The van der Waals surface area contributed by atoms with Crippen LogP contribution in [-0.4, -0.2) is 45.3 Å². The summed E-state index contributed by atoms with van der Waals surface area (Å²) in [4.78, 5) is 6.89. The molecule has 2 aromatic carbocycles. The summed E-state index contributed by atoms with van der Waals surface area (Å²) in [5.41, 5.74) is 1.82. The highest BCUT2D eigenvalue weighted by atomic mass is 127. The molecule has 1 saturated heterocycles. The molecule has 170 valence electrons. The highest BCUT2D eigenvalue weighted by molar-refractivity contribution is 14.0. The van der Waals surface area contributed by atoms with Crippen molar-refractivity contribution >= 4 is 35.6 Å². The van der Waals surface area contributed by atoms with Crippen LogP contribution in [0.4, 0.5) is 14.5 Å². The Balaban J connectivity index is 0.00000341. The normalized spacial score (nSPS) is 15.9. The maximum Gasteiger partial charge on any atom is 0.191 e. The Morgan fingerprint density at radius 2 is 1.84 bits per heavy atom. The zero-order valence-corrected chi connectivity index (χ0v) is 20.3. The highest BCUT2D eigenvalue weighted by Gasteiger charge is 2.21. The van der Waals surface area contributed by atoms with Crippen molar-refractivity contribution in [3.05, 3.63) is 65.7 Å². The van der Waals surface area contributed by atoms with Crippen molar-refractivity contribution in [3.63, 3.8) is 0 Å². The smallest absolute Gasteiger partial charge is 0.191 e. The van der Waals surface area contributed by atoms with E-state index in [1.165, 1.54) is 18.2 Å². The number of ether oxygens (including phenoxy) is 1. The molecule has 0 saturated carbocycles.